The quantitative estimate of drug-likeness (QED) is 0.400. The van der Waals surface area contributed by atoms with Gasteiger partial charge in [0.1, 0.15) is 17.5 Å². The Morgan fingerprint density at radius 2 is 1.87 bits per heavy atom. The molecule has 0 unspecified atom stereocenters. The van der Waals surface area contributed by atoms with Gasteiger partial charge in [-0.3, -0.25) is 9.58 Å². The molecule has 0 spiro atoms. The molecule has 2 fully saturated rings. The predicted octanol–water partition coefficient (Wildman–Crippen LogP) is 3.62. The van der Waals surface area contributed by atoms with Crippen LogP contribution in [-0.4, -0.2) is 66.1 Å². The lowest BCUT2D eigenvalue weighted by Crippen LogP contribution is -2.64. The molecule has 0 saturated carbocycles. The van der Waals surface area contributed by atoms with E-state index in [-0.39, 0.29) is 24.1 Å². The predicted molar refractivity (Wildman–Crippen MR) is 142 cm³/mol. The average molecular weight is 522 g/mol. The van der Waals surface area contributed by atoms with E-state index in [1.165, 1.54) is 0 Å². The molecular formula is C28H27N9O2. The maximum absolute atomic E-state index is 12.8. The lowest BCUT2D eigenvalue weighted by atomic mass is 9.90. The number of nitrogens with zero attached hydrogens (tertiary/aromatic N) is 9. The molecule has 2 aliphatic rings. The topological polar surface area (TPSA) is 128 Å². The van der Waals surface area contributed by atoms with Gasteiger partial charge in [0.15, 0.2) is 0 Å². The van der Waals surface area contributed by atoms with Gasteiger partial charge in [-0.1, -0.05) is 0 Å². The van der Waals surface area contributed by atoms with Crippen molar-refractivity contribution in [3.8, 4) is 34.4 Å². The summed E-state index contributed by atoms with van der Waals surface area (Å²) in [5, 5.41) is 28.2. The number of ether oxygens (including phenoxy) is 1. The monoisotopic (exact) mass is 521 g/mol. The van der Waals surface area contributed by atoms with Crippen molar-refractivity contribution >= 4 is 17.4 Å². The van der Waals surface area contributed by atoms with Crippen LogP contribution in [0.25, 0.3) is 27.8 Å². The molecule has 1 amide bonds. The van der Waals surface area contributed by atoms with Gasteiger partial charge in [-0.25, -0.2) is 14.3 Å². The first-order valence-corrected chi connectivity index (χ1v) is 12.7. The summed E-state index contributed by atoms with van der Waals surface area (Å²) >= 11 is 0. The Morgan fingerprint density at radius 1 is 1.05 bits per heavy atom. The number of carbonyl (C=O) groups is 1. The van der Waals surface area contributed by atoms with Crippen molar-refractivity contribution in [1.29, 1.82) is 10.5 Å². The molecule has 0 N–H and O–H groups in total. The van der Waals surface area contributed by atoms with E-state index in [1.807, 2.05) is 58.4 Å². The van der Waals surface area contributed by atoms with E-state index in [0.29, 0.717) is 24.2 Å². The Labute approximate surface area is 225 Å². The highest BCUT2D eigenvalue weighted by atomic mass is 16.6. The smallest absolute Gasteiger partial charge is 0.410 e. The van der Waals surface area contributed by atoms with Gasteiger partial charge in [0.2, 0.25) is 0 Å². The second kappa shape index (κ2) is 8.84. The number of pyridine rings is 2. The second-order valence-corrected chi connectivity index (χ2v) is 11.0. The highest BCUT2D eigenvalue weighted by Crippen LogP contribution is 2.40. The molecule has 4 aromatic heterocycles. The zero-order valence-corrected chi connectivity index (χ0v) is 22.1. The number of aryl methyl sites for hydroxylation is 1. The van der Waals surface area contributed by atoms with Crippen LogP contribution in [-0.2, 0) is 11.8 Å². The fraction of sp³-hybridized carbons (Fsp3) is 0.357. The number of nitriles is 2. The normalized spacial score (nSPS) is 20.3. The summed E-state index contributed by atoms with van der Waals surface area (Å²) in [5.74, 6) is 0.401. The van der Waals surface area contributed by atoms with Crippen molar-refractivity contribution < 1.29 is 9.53 Å². The summed E-state index contributed by atoms with van der Waals surface area (Å²) in [6.07, 6.45) is 8.55. The summed E-state index contributed by atoms with van der Waals surface area (Å²) in [7, 11) is 1.86. The fourth-order valence-corrected chi connectivity index (χ4v) is 5.49. The molecular weight excluding hydrogens is 494 g/mol. The summed E-state index contributed by atoms with van der Waals surface area (Å²) in [6, 6.07) is 10.3. The highest BCUT2D eigenvalue weighted by Gasteiger charge is 2.55. The van der Waals surface area contributed by atoms with E-state index >= 15 is 0 Å². The molecule has 3 atom stereocenters. The maximum Gasteiger partial charge on any atom is 0.410 e. The molecule has 196 valence electrons. The Kier molecular flexibility index (Phi) is 5.54. The third kappa shape index (κ3) is 4.12. The lowest BCUT2D eigenvalue weighted by molar-refractivity contribution is 0.0193. The van der Waals surface area contributed by atoms with Gasteiger partial charge in [-0.2, -0.15) is 20.7 Å². The zero-order chi connectivity index (χ0) is 27.5. The van der Waals surface area contributed by atoms with Gasteiger partial charge in [-0.05, 0) is 39.0 Å². The number of rotatable bonds is 3. The van der Waals surface area contributed by atoms with E-state index < -0.39 is 5.60 Å². The van der Waals surface area contributed by atoms with Crippen LogP contribution in [0, 0.1) is 28.6 Å². The summed E-state index contributed by atoms with van der Waals surface area (Å²) in [6.45, 7) is 6.43. The zero-order valence-electron chi connectivity index (χ0n) is 22.1. The second-order valence-electron chi connectivity index (χ2n) is 11.0. The number of aromatic nitrogens is 5. The van der Waals surface area contributed by atoms with Gasteiger partial charge in [-0.15, -0.1) is 0 Å². The molecule has 4 aromatic rings. The van der Waals surface area contributed by atoms with Crippen LogP contribution in [0.2, 0.25) is 0 Å². The van der Waals surface area contributed by atoms with E-state index in [1.54, 1.807) is 32.7 Å². The van der Waals surface area contributed by atoms with E-state index in [0.717, 1.165) is 28.1 Å². The third-order valence-corrected chi connectivity index (χ3v) is 7.26. The molecule has 0 aromatic carbocycles. The molecule has 2 saturated heterocycles. The number of amides is 1. The van der Waals surface area contributed by atoms with Crippen LogP contribution in [0.15, 0.2) is 49.2 Å². The minimum Gasteiger partial charge on any atom is -0.444 e. The van der Waals surface area contributed by atoms with Crippen molar-refractivity contribution in [3.05, 3.63) is 54.7 Å². The standard InChI is InChI=1S/C28H27N9O2/c1-28(2,3)39-27(38)35-14-20(9-30)26-23(35)16-36(26)24-6-5-17(10-31-24)22-7-18(21-12-32-34(4)13-21)15-37-25(22)19(8-29)11-33-37/h5-7,10-13,15,20,23,26H,14,16H2,1-4H3/t20-,23+,26+/m1/s1. The van der Waals surface area contributed by atoms with Crippen molar-refractivity contribution in [1.82, 2.24) is 29.3 Å². The molecule has 0 bridgehead atoms. The summed E-state index contributed by atoms with van der Waals surface area (Å²) < 4.78 is 9.02. The number of likely N-dealkylation sites (tertiary alicyclic amines) is 1. The van der Waals surface area contributed by atoms with Crippen molar-refractivity contribution in [2.75, 3.05) is 18.0 Å². The van der Waals surface area contributed by atoms with Gasteiger partial charge in [0.05, 0.1) is 47.5 Å². The molecule has 39 heavy (non-hydrogen) atoms. The molecule has 6 rings (SSSR count). The molecule has 0 radical (unpaired) electrons. The number of anilines is 1. The Balaban J connectivity index is 1.30. The van der Waals surface area contributed by atoms with Gasteiger partial charge < -0.3 is 9.64 Å². The number of carbonyl (C=O) groups excluding carboxylic acids is 1. The average Bonchev–Trinajstić information content (AvgIpc) is 3.58. The molecule has 6 heterocycles. The molecule has 11 heteroatoms. The summed E-state index contributed by atoms with van der Waals surface area (Å²) in [4.78, 5) is 21.2. The number of fused-ring (bicyclic) bond motifs is 2. The van der Waals surface area contributed by atoms with Crippen molar-refractivity contribution in [2.45, 2.75) is 38.5 Å². The van der Waals surface area contributed by atoms with Crippen molar-refractivity contribution in [2.24, 2.45) is 13.0 Å². The van der Waals surface area contributed by atoms with Crippen LogP contribution in [0.5, 0.6) is 0 Å². The fourth-order valence-electron chi connectivity index (χ4n) is 5.49. The van der Waals surface area contributed by atoms with Gasteiger partial charge in [0, 0.05) is 61.0 Å². The first kappa shape index (κ1) is 24.4. The van der Waals surface area contributed by atoms with Crippen LogP contribution < -0.4 is 4.90 Å². The summed E-state index contributed by atoms with van der Waals surface area (Å²) in [5.41, 5.74) is 4.10. The molecule has 0 aliphatic carbocycles. The Morgan fingerprint density at radius 3 is 2.51 bits per heavy atom. The molecule has 11 nitrogen and oxygen atoms in total. The first-order chi connectivity index (χ1) is 18.7. The first-order valence-electron chi connectivity index (χ1n) is 12.7. The van der Waals surface area contributed by atoms with Crippen LogP contribution in [0.4, 0.5) is 10.6 Å². The van der Waals surface area contributed by atoms with Gasteiger partial charge in [0.25, 0.3) is 0 Å². The maximum atomic E-state index is 12.8. The van der Waals surface area contributed by atoms with Crippen LogP contribution in [0.1, 0.15) is 26.3 Å². The van der Waals surface area contributed by atoms with E-state index in [2.05, 4.69) is 27.2 Å². The number of hydrogen-bond donors (Lipinski definition) is 0. The number of hydrogen-bond acceptors (Lipinski definition) is 8. The SMILES string of the molecule is Cn1cc(-c2cc(-c3ccc(N4C[C@H]5[C@@H]4[C@H](C#N)CN5C(=O)OC(C)(C)C)nc3)c3c(C#N)cnn3c2)cn1. The lowest BCUT2D eigenvalue weighted by Gasteiger charge is -2.47. The minimum atomic E-state index is -0.598. The van der Waals surface area contributed by atoms with Crippen LogP contribution in [0.3, 0.4) is 0 Å². The minimum absolute atomic E-state index is 0.0910. The molecule has 2 aliphatic heterocycles. The highest BCUT2D eigenvalue weighted by molar-refractivity contribution is 5.87. The van der Waals surface area contributed by atoms with Crippen molar-refractivity contribution in [3.63, 3.8) is 0 Å². The largest absolute Gasteiger partial charge is 0.444 e. The van der Waals surface area contributed by atoms with E-state index in [9.17, 15) is 15.3 Å². The third-order valence-electron chi connectivity index (χ3n) is 7.26. The Hall–Kier alpha value is -4.90. The van der Waals surface area contributed by atoms with Gasteiger partial charge >= 0.3 is 6.09 Å². The van der Waals surface area contributed by atoms with E-state index in [4.69, 9.17) is 9.72 Å². The van der Waals surface area contributed by atoms with Crippen LogP contribution >= 0.6 is 0 Å². The Bertz CT molecular complexity index is 1670.